The van der Waals surface area contributed by atoms with Gasteiger partial charge in [-0.15, -0.1) is 5.10 Å². The van der Waals surface area contributed by atoms with Crippen LogP contribution >= 0.6 is 0 Å². The van der Waals surface area contributed by atoms with Crippen LogP contribution < -0.4 is 16.0 Å². The van der Waals surface area contributed by atoms with E-state index in [9.17, 15) is 0 Å². The number of nitrogens with zero attached hydrogens (tertiary/aromatic N) is 8. The maximum atomic E-state index is 6.14. The van der Waals surface area contributed by atoms with Crippen LogP contribution in [0, 0.1) is 11.8 Å². The van der Waals surface area contributed by atoms with Crippen molar-refractivity contribution in [3.63, 3.8) is 0 Å². The topological polar surface area (TPSA) is 105 Å². The number of rotatable bonds is 4. The zero-order chi connectivity index (χ0) is 22.4. The summed E-state index contributed by atoms with van der Waals surface area (Å²) in [7, 11) is 0. The molecule has 0 saturated carbocycles. The first-order valence-corrected chi connectivity index (χ1v) is 11.3. The minimum Gasteiger partial charge on any atom is -0.384 e. The number of hydrogen-bond donors (Lipinski definition) is 2. The van der Waals surface area contributed by atoms with Gasteiger partial charge in [0.05, 0.1) is 18.1 Å². The second kappa shape index (κ2) is 7.94. The Morgan fingerprint density at radius 3 is 2.82 bits per heavy atom. The van der Waals surface area contributed by atoms with E-state index >= 15 is 0 Å². The predicted molar refractivity (Wildman–Crippen MR) is 128 cm³/mol. The molecule has 3 N–H and O–H groups in total. The SMILES string of the molecule is CC#Cc1nc2c3cnn(CCN4CCN(c5ccc6c(c5)CCN6)CC4)c3nc(N)n2n1. The molecule has 2 aliphatic rings. The van der Waals surface area contributed by atoms with Gasteiger partial charge in [-0.05, 0) is 43.0 Å². The van der Waals surface area contributed by atoms with Crippen molar-refractivity contribution in [1.29, 1.82) is 0 Å². The quantitative estimate of drug-likeness (QED) is 0.455. The molecule has 0 aliphatic carbocycles. The number of nitrogens with one attached hydrogen (secondary N) is 1. The molecule has 0 bridgehead atoms. The van der Waals surface area contributed by atoms with Crippen molar-refractivity contribution in [3.05, 3.63) is 35.8 Å². The highest BCUT2D eigenvalue weighted by Crippen LogP contribution is 2.28. The number of nitrogens with two attached hydrogens (primary N) is 1. The Bertz CT molecular complexity index is 1400. The molecular formula is C23H26N10. The summed E-state index contributed by atoms with van der Waals surface area (Å²) in [5.74, 6) is 6.41. The average Bonchev–Trinajstić information content (AvgIpc) is 3.56. The molecule has 168 valence electrons. The van der Waals surface area contributed by atoms with Crippen LogP contribution in [0.2, 0.25) is 0 Å². The third kappa shape index (κ3) is 3.50. The van der Waals surface area contributed by atoms with Gasteiger partial charge < -0.3 is 16.0 Å². The maximum absolute atomic E-state index is 6.14. The fourth-order valence-electron chi connectivity index (χ4n) is 4.74. The molecule has 0 spiro atoms. The van der Waals surface area contributed by atoms with E-state index in [0.717, 1.165) is 63.3 Å². The lowest BCUT2D eigenvalue weighted by atomic mass is 10.1. The number of piperazine rings is 1. The maximum Gasteiger partial charge on any atom is 0.226 e. The van der Waals surface area contributed by atoms with Crippen molar-refractivity contribution in [1.82, 2.24) is 34.3 Å². The van der Waals surface area contributed by atoms with Gasteiger partial charge in [-0.2, -0.15) is 19.6 Å². The minimum atomic E-state index is 0.286. The third-order valence-corrected chi connectivity index (χ3v) is 6.50. The Labute approximate surface area is 191 Å². The van der Waals surface area contributed by atoms with Crippen LogP contribution in [0.4, 0.5) is 17.3 Å². The summed E-state index contributed by atoms with van der Waals surface area (Å²) in [5, 5.41) is 13.2. The van der Waals surface area contributed by atoms with Crippen LogP contribution in [0.5, 0.6) is 0 Å². The highest BCUT2D eigenvalue weighted by molar-refractivity contribution is 5.89. The summed E-state index contributed by atoms with van der Waals surface area (Å²) in [4.78, 5) is 14.0. The molecule has 3 aromatic heterocycles. The second-order valence-electron chi connectivity index (χ2n) is 8.47. The Kier molecular flexibility index (Phi) is 4.77. The predicted octanol–water partition coefficient (Wildman–Crippen LogP) is 1.22. The van der Waals surface area contributed by atoms with E-state index in [2.05, 4.69) is 65.3 Å². The van der Waals surface area contributed by atoms with Gasteiger partial charge in [0, 0.05) is 50.6 Å². The molecule has 4 aromatic rings. The zero-order valence-corrected chi connectivity index (χ0v) is 18.6. The molecule has 33 heavy (non-hydrogen) atoms. The molecule has 1 aromatic carbocycles. The number of aromatic nitrogens is 6. The number of hydrogen-bond acceptors (Lipinski definition) is 8. The summed E-state index contributed by atoms with van der Waals surface area (Å²) >= 11 is 0. The number of fused-ring (bicyclic) bond motifs is 4. The molecule has 6 rings (SSSR count). The minimum absolute atomic E-state index is 0.286. The molecular weight excluding hydrogens is 416 g/mol. The molecule has 0 amide bonds. The van der Waals surface area contributed by atoms with Crippen LogP contribution in [0.3, 0.4) is 0 Å². The van der Waals surface area contributed by atoms with Crippen molar-refractivity contribution in [2.75, 3.05) is 55.2 Å². The van der Waals surface area contributed by atoms with Crippen LogP contribution in [0.15, 0.2) is 24.4 Å². The molecule has 5 heterocycles. The van der Waals surface area contributed by atoms with Gasteiger partial charge in [0.25, 0.3) is 0 Å². The van der Waals surface area contributed by atoms with Crippen molar-refractivity contribution in [2.24, 2.45) is 0 Å². The van der Waals surface area contributed by atoms with Gasteiger partial charge in [-0.25, -0.2) is 4.68 Å². The third-order valence-electron chi connectivity index (χ3n) is 6.50. The van der Waals surface area contributed by atoms with Crippen LogP contribution in [0.1, 0.15) is 18.3 Å². The van der Waals surface area contributed by atoms with Crippen molar-refractivity contribution in [2.45, 2.75) is 19.9 Å². The Hall–Kier alpha value is -3.84. The van der Waals surface area contributed by atoms with Crippen molar-refractivity contribution >= 4 is 34.0 Å². The monoisotopic (exact) mass is 442 g/mol. The molecule has 0 unspecified atom stereocenters. The summed E-state index contributed by atoms with van der Waals surface area (Å²) in [5.41, 5.74) is 11.6. The van der Waals surface area contributed by atoms with Gasteiger partial charge in [-0.1, -0.05) is 5.92 Å². The highest BCUT2D eigenvalue weighted by atomic mass is 15.4. The van der Waals surface area contributed by atoms with Gasteiger partial charge >= 0.3 is 0 Å². The first-order valence-electron chi connectivity index (χ1n) is 11.3. The lowest BCUT2D eigenvalue weighted by Gasteiger charge is -2.36. The van der Waals surface area contributed by atoms with Gasteiger partial charge in [0.15, 0.2) is 11.3 Å². The standard InChI is InChI=1S/C23H26N10/c1-2-3-20-27-22-18-15-26-32(21(18)28-23(24)33(22)29-20)13-10-30-8-11-31(12-9-30)17-4-5-19-16(14-17)6-7-25-19/h4-5,14-15,25H,6-13H2,1H3,(H2,24,28). The van der Waals surface area contributed by atoms with Crippen LogP contribution in [0.25, 0.3) is 16.7 Å². The molecule has 10 nitrogen and oxygen atoms in total. The van der Waals surface area contributed by atoms with Gasteiger partial charge in [0.2, 0.25) is 11.8 Å². The van der Waals surface area contributed by atoms with Crippen molar-refractivity contribution < 1.29 is 0 Å². The van der Waals surface area contributed by atoms with Gasteiger partial charge in [0.1, 0.15) is 0 Å². The number of anilines is 3. The van der Waals surface area contributed by atoms with E-state index in [1.54, 1.807) is 13.1 Å². The molecule has 0 radical (unpaired) electrons. The summed E-state index contributed by atoms with van der Waals surface area (Å²) in [6.07, 6.45) is 2.91. The fourth-order valence-corrected chi connectivity index (χ4v) is 4.74. The first-order chi connectivity index (χ1) is 16.2. The van der Waals surface area contributed by atoms with E-state index in [1.807, 2.05) is 4.68 Å². The van der Waals surface area contributed by atoms with Gasteiger partial charge in [-0.3, -0.25) is 4.90 Å². The summed E-state index contributed by atoms with van der Waals surface area (Å²) in [6.45, 7) is 8.56. The molecule has 1 saturated heterocycles. The Balaban J connectivity index is 1.13. The molecule has 10 heteroatoms. The van der Waals surface area contributed by atoms with E-state index in [0.29, 0.717) is 11.5 Å². The zero-order valence-electron chi connectivity index (χ0n) is 18.6. The van der Waals surface area contributed by atoms with Crippen LogP contribution in [-0.4, -0.2) is 73.5 Å². The lowest BCUT2D eigenvalue weighted by Crippen LogP contribution is -2.47. The van der Waals surface area contributed by atoms with E-state index < -0.39 is 0 Å². The number of benzene rings is 1. The summed E-state index contributed by atoms with van der Waals surface area (Å²) in [6, 6.07) is 6.80. The Morgan fingerprint density at radius 2 is 1.97 bits per heavy atom. The molecule has 2 aliphatic heterocycles. The first kappa shape index (κ1) is 19.8. The molecule has 1 fully saturated rings. The van der Waals surface area contributed by atoms with Crippen molar-refractivity contribution in [3.8, 4) is 11.8 Å². The molecule has 0 atom stereocenters. The summed E-state index contributed by atoms with van der Waals surface area (Å²) < 4.78 is 3.44. The normalized spacial score (nSPS) is 16.1. The average molecular weight is 443 g/mol. The number of nitrogen functional groups attached to an aromatic ring is 1. The largest absolute Gasteiger partial charge is 0.384 e. The smallest absolute Gasteiger partial charge is 0.226 e. The Morgan fingerprint density at radius 1 is 1.09 bits per heavy atom. The van der Waals surface area contributed by atoms with E-state index in [4.69, 9.17) is 5.73 Å². The highest BCUT2D eigenvalue weighted by Gasteiger charge is 2.20. The second-order valence-corrected chi connectivity index (χ2v) is 8.47. The van der Waals surface area contributed by atoms with E-state index in [-0.39, 0.29) is 5.95 Å². The fraction of sp³-hybridized carbons (Fsp3) is 0.391. The lowest BCUT2D eigenvalue weighted by molar-refractivity contribution is 0.245. The van der Waals surface area contributed by atoms with E-state index in [1.165, 1.54) is 21.5 Å². The van der Waals surface area contributed by atoms with Crippen LogP contribution in [-0.2, 0) is 13.0 Å².